The summed E-state index contributed by atoms with van der Waals surface area (Å²) in [6.07, 6.45) is 0.154. The third kappa shape index (κ3) is 5.22. The lowest BCUT2D eigenvalue weighted by atomic mass is 10.1. The first-order valence-electron chi connectivity index (χ1n) is 6.81. The molecule has 6 heteroatoms. The number of benzene rings is 1. The summed E-state index contributed by atoms with van der Waals surface area (Å²) in [5.41, 5.74) is 2.60. The molecule has 0 aromatic heterocycles. The van der Waals surface area contributed by atoms with Crippen LogP contribution in [0.15, 0.2) is 18.2 Å². The third-order valence-electron chi connectivity index (χ3n) is 3.02. The molecule has 0 N–H and O–H groups in total. The summed E-state index contributed by atoms with van der Waals surface area (Å²) in [7, 11) is -3.49. The second-order valence-electron chi connectivity index (χ2n) is 5.36. The lowest BCUT2D eigenvalue weighted by Crippen LogP contribution is -2.36. The Morgan fingerprint density at radius 3 is 2.33 bits per heavy atom. The topological polar surface area (TPSA) is 61.2 Å². The molecule has 0 fully saturated rings. The highest BCUT2D eigenvalue weighted by Gasteiger charge is 2.24. The van der Waals surface area contributed by atoms with Crippen LogP contribution in [0.2, 0.25) is 0 Å². The lowest BCUT2D eigenvalue weighted by molar-refractivity contribution is 0.578. The van der Waals surface area contributed by atoms with Crippen molar-refractivity contribution in [3.8, 4) is 6.07 Å². The van der Waals surface area contributed by atoms with Crippen LogP contribution in [0.3, 0.4) is 0 Å². The van der Waals surface area contributed by atoms with Crippen molar-refractivity contribution >= 4 is 27.3 Å². The molecule has 0 aliphatic heterocycles. The molecular weight excluding hydrogens is 308 g/mol. The van der Waals surface area contributed by atoms with E-state index in [0.29, 0.717) is 5.69 Å². The number of nitrogens with zero attached hydrogens (tertiary/aromatic N) is 2. The molecule has 116 valence electrons. The average Bonchev–Trinajstić information content (AvgIpc) is 2.37. The number of hydrogen-bond acceptors (Lipinski definition) is 3. The predicted octanol–water partition coefficient (Wildman–Crippen LogP) is 3.23. The van der Waals surface area contributed by atoms with Gasteiger partial charge >= 0.3 is 0 Å². The van der Waals surface area contributed by atoms with Crippen LogP contribution in [0.25, 0.3) is 0 Å². The summed E-state index contributed by atoms with van der Waals surface area (Å²) >= 11 is 5.73. The fourth-order valence-electron chi connectivity index (χ4n) is 2.17. The second-order valence-corrected chi connectivity index (χ2v) is 7.61. The maximum atomic E-state index is 12.6. The van der Waals surface area contributed by atoms with Crippen LogP contribution in [0.5, 0.6) is 0 Å². The van der Waals surface area contributed by atoms with Crippen molar-refractivity contribution in [1.29, 1.82) is 5.26 Å². The maximum Gasteiger partial charge on any atom is 0.235 e. The molecule has 1 aromatic rings. The van der Waals surface area contributed by atoms with Crippen LogP contribution in [0.1, 0.15) is 24.5 Å². The highest BCUT2D eigenvalue weighted by atomic mass is 35.5. The molecule has 0 saturated heterocycles. The molecule has 0 aliphatic carbocycles. The van der Waals surface area contributed by atoms with E-state index in [2.05, 4.69) is 0 Å². The monoisotopic (exact) mass is 328 g/mol. The lowest BCUT2D eigenvalue weighted by Gasteiger charge is -2.25. The Morgan fingerprint density at radius 1 is 1.29 bits per heavy atom. The van der Waals surface area contributed by atoms with Gasteiger partial charge in [0.15, 0.2) is 0 Å². The van der Waals surface area contributed by atoms with E-state index in [0.717, 1.165) is 11.1 Å². The number of aryl methyl sites for hydroxylation is 2. The minimum absolute atomic E-state index is 0.0189. The average molecular weight is 329 g/mol. The Kier molecular flexibility index (Phi) is 6.50. The van der Waals surface area contributed by atoms with E-state index in [9.17, 15) is 8.42 Å². The number of alkyl halides is 1. The van der Waals surface area contributed by atoms with E-state index in [-0.39, 0.29) is 30.5 Å². The molecule has 0 spiro atoms. The van der Waals surface area contributed by atoms with Gasteiger partial charge in [0.1, 0.15) is 0 Å². The van der Waals surface area contributed by atoms with Crippen molar-refractivity contribution in [2.45, 2.75) is 27.2 Å². The van der Waals surface area contributed by atoms with Crippen molar-refractivity contribution in [1.82, 2.24) is 0 Å². The molecule has 0 saturated carbocycles. The first kappa shape index (κ1) is 17.8. The molecule has 1 atom stereocenters. The van der Waals surface area contributed by atoms with Gasteiger partial charge in [-0.05, 0) is 43.0 Å². The van der Waals surface area contributed by atoms with Crippen LogP contribution in [0.4, 0.5) is 5.69 Å². The van der Waals surface area contributed by atoms with Crippen LogP contribution >= 0.6 is 11.6 Å². The van der Waals surface area contributed by atoms with Gasteiger partial charge in [0.05, 0.1) is 23.9 Å². The smallest absolute Gasteiger partial charge is 0.235 e. The normalized spacial score (nSPS) is 12.7. The zero-order valence-electron chi connectivity index (χ0n) is 12.6. The summed E-state index contributed by atoms with van der Waals surface area (Å²) in [5, 5.41) is 8.77. The van der Waals surface area contributed by atoms with Crippen LogP contribution in [-0.4, -0.2) is 26.6 Å². The van der Waals surface area contributed by atoms with Gasteiger partial charge in [-0.1, -0.05) is 13.0 Å². The van der Waals surface area contributed by atoms with Crippen molar-refractivity contribution in [3.63, 3.8) is 0 Å². The standard InChI is InChI=1S/C15H21ClN2O2S/c1-12-7-13(2)9-15(8-12)18(6-4-5-17)21(19,20)11-14(3)10-16/h7-9,14H,4,6,10-11H2,1-3H3. The van der Waals surface area contributed by atoms with Crippen LogP contribution < -0.4 is 4.31 Å². The van der Waals surface area contributed by atoms with Gasteiger partial charge in [-0.2, -0.15) is 5.26 Å². The summed E-state index contributed by atoms with van der Waals surface area (Å²) in [5.74, 6) is 0.139. The molecule has 1 unspecified atom stereocenters. The Hall–Kier alpha value is -1.25. The van der Waals surface area contributed by atoms with Crippen molar-refractivity contribution < 1.29 is 8.42 Å². The molecule has 1 rings (SSSR count). The minimum atomic E-state index is -3.49. The zero-order valence-corrected chi connectivity index (χ0v) is 14.2. The summed E-state index contributed by atoms with van der Waals surface area (Å²) in [4.78, 5) is 0. The van der Waals surface area contributed by atoms with Gasteiger partial charge < -0.3 is 0 Å². The molecule has 0 bridgehead atoms. The van der Waals surface area contributed by atoms with Gasteiger partial charge in [-0.3, -0.25) is 4.31 Å². The number of halogens is 1. The number of hydrogen-bond donors (Lipinski definition) is 0. The van der Waals surface area contributed by atoms with E-state index in [1.807, 2.05) is 38.1 Å². The van der Waals surface area contributed by atoms with Gasteiger partial charge in [0.25, 0.3) is 0 Å². The number of anilines is 1. The van der Waals surface area contributed by atoms with E-state index >= 15 is 0 Å². The van der Waals surface area contributed by atoms with E-state index in [1.54, 1.807) is 6.92 Å². The first-order valence-corrected chi connectivity index (χ1v) is 8.96. The Balaban J connectivity index is 3.19. The zero-order chi connectivity index (χ0) is 16.0. The van der Waals surface area contributed by atoms with Crippen LogP contribution in [-0.2, 0) is 10.0 Å². The largest absolute Gasteiger partial charge is 0.269 e. The maximum absolute atomic E-state index is 12.6. The summed E-state index contributed by atoms with van der Waals surface area (Å²) in [6.45, 7) is 5.81. The van der Waals surface area contributed by atoms with E-state index < -0.39 is 10.0 Å². The minimum Gasteiger partial charge on any atom is -0.269 e. The van der Waals surface area contributed by atoms with E-state index in [1.165, 1.54) is 4.31 Å². The molecule has 0 radical (unpaired) electrons. The SMILES string of the molecule is Cc1cc(C)cc(N(CCC#N)S(=O)(=O)CC(C)CCl)c1. The quantitative estimate of drug-likeness (QED) is 0.722. The Bertz CT molecular complexity index is 603. The van der Waals surface area contributed by atoms with Crippen LogP contribution in [0, 0.1) is 31.1 Å². The molecule has 0 aliphatic rings. The Morgan fingerprint density at radius 2 is 1.86 bits per heavy atom. The molecule has 4 nitrogen and oxygen atoms in total. The highest BCUT2D eigenvalue weighted by Crippen LogP contribution is 2.23. The molecule has 21 heavy (non-hydrogen) atoms. The van der Waals surface area contributed by atoms with Gasteiger partial charge in [0, 0.05) is 12.4 Å². The molecular formula is C15H21ClN2O2S. The van der Waals surface area contributed by atoms with Gasteiger partial charge in [-0.15, -0.1) is 11.6 Å². The second kappa shape index (κ2) is 7.67. The number of nitriles is 1. The predicted molar refractivity (Wildman–Crippen MR) is 87.2 cm³/mol. The van der Waals surface area contributed by atoms with Gasteiger partial charge in [-0.25, -0.2) is 8.42 Å². The van der Waals surface area contributed by atoms with E-state index in [4.69, 9.17) is 16.9 Å². The Labute approximate surface area is 132 Å². The third-order valence-corrected chi connectivity index (χ3v) is 5.60. The molecule has 0 heterocycles. The molecule has 0 amide bonds. The number of rotatable bonds is 7. The molecule has 1 aromatic carbocycles. The van der Waals surface area contributed by atoms with Crippen molar-refractivity contribution in [2.75, 3.05) is 22.5 Å². The van der Waals surface area contributed by atoms with Crippen molar-refractivity contribution in [3.05, 3.63) is 29.3 Å². The number of sulfonamides is 1. The highest BCUT2D eigenvalue weighted by molar-refractivity contribution is 7.92. The van der Waals surface area contributed by atoms with Gasteiger partial charge in [0.2, 0.25) is 10.0 Å². The summed E-state index contributed by atoms with van der Waals surface area (Å²) in [6, 6.07) is 7.64. The van der Waals surface area contributed by atoms with Crippen molar-refractivity contribution in [2.24, 2.45) is 5.92 Å². The fourth-order valence-corrected chi connectivity index (χ4v) is 4.22. The first-order chi connectivity index (χ1) is 9.80. The summed E-state index contributed by atoms with van der Waals surface area (Å²) < 4.78 is 26.5. The fraction of sp³-hybridized carbons (Fsp3) is 0.533.